The van der Waals surface area contributed by atoms with E-state index in [0.717, 1.165) is 5.56 Å². The Morgan fingerprint density at radius 1 is 1.07 bits per heavy atom. The number of carbonyl (C=O) groups excluding carboxylic acids is 3. The van der Waals surface area contributed by atoms with Gasteiger partial charge in [0.25, 0.3) is 5.79 Å². The second kappa shape index (κ2) is 6.58. The zero-order valence-electron chi connectivity index (χ0n) is 15.3. The quantitative estimate of drug-likeness (QED) is 0.733. The average Bonchev–Trinajstić information content (AvgIpc) is 3.06. The SMILES string of the molecule is CC(=O)OC1(C)OC2(CC(c3ccc(Cl)cc3)=NO2)C(C(C)=O)=C1C(C)=O. The molecule has 0 aromatic heterocycles. The van der Waals surface area contributed by atoms with Crippen LogP contribution in [0.15, 0.2) is 40.6 Å². The lowest BCUT2D eigenvalue weighted by Crippen LogP contribution is -2.41. The molecule has 142 valence electrons. The Hall–Kier alpha value is -2.51. The number of ether oxygens (including phenoxy) is 2. The average molecular weight is 392 g/mol. The summed E-state index contributed by atoms with van der Waals surface area (Å²) in [6.07, 6.45) is 0.0666. The highest BCUT2D eigenvalue weighted by atomic mass is 35.5. The zero-order chi connectivity index (χ0) is 20.0. The van der Waals surface area contributed by atoms with Gasteiger partial charge in [0.15, 0.2) is 11.6 Å². The zero-order valence-corrected chi connectivity index (χ0v) is 16.0. The number of Topliss-reactive ketones (excluding diaryl/α,β-unsaturated/α-hetero) is 2. The van der Waals surface area contributed by atoms with Crippen LogP contribution in [-0.4, -0.2) is 34.8 Å². The first-order valence-electron chi connectivity index (χ1n) is 8.26. The van der Waals surface area contributed by atoms with Crippen molar-refractivity contribution in [1.29, 1.82) is 0 Å². The molecule has 2 heterocycles. The minimum atomic E-state index is -1.75. The Bertz CT molecular complexity index is 903. The molecule has 3 rings (SSSR count). The van der Waals surface area contributed by atoms with E-state index in [9.17, 15) is 14.4 Å². The molecule has 0 N–H and O–H groups in total. The molecular weight excluding hydrogens is 374 g/mol. The van der Waals surface area contributed by atoms with E-state index in [1.807, 2.05) is 0 Å². The third-order valence-corrected chi connectivity index (χ3v) is 4.62. The molecule has 27 heavy (non-hydrogen) atoms. The number of halogens is 1. The third kappa shape index (κ3) is 3.28. The molecule has 0 saturated carbocycles. The van der Waals surface area contributed by atoms with Crippen LogP contribution in [0.1, 0.15) is 39.7 Å². The van der Waals surface area contributed by atoms with Crippen molar-refractivity contribution < 1.29 is 28.7 Å². The van der Waals surface area contributed by atoms with Gasteiger partial charge in [0.1, 0.15) is 0 Å². The van der Waals surface area contributed by atoms with Gasteiger partial charge in [0.05, 0.1) is 23.3 Å². The number of ketones is 2. The molecule has 2 aliphatic heterocycles. The van der Waals surface area contributed by atoms with Gasteiger partial charge >= 0.3 is 5.97 Å². The largest absolute Gasteiger partial charge is 0.429 e. The number of benzene rings is 1. The Morgan fingerprint density at radius 2 is 1.67 bits per heavy atom. The highest BCUT2D eigenvalue weighted by Crippen LogP contribution is 2.49. The van der Waals surface area contributed by atoms with Crippen molar-refractivity contribution >= 4 is 34.8 Å². The number of carbonyl (C=O) groups is 3. The predicted octanol–water partition coefficient (Wildman–Crippen LogP) is 2.94. The van der Waals surface area contributed by atoms with Crippen molar-refractivity contribution in [3.63, 3.8) is 0 Å². The van der Waals surface area contributed by atoms with E-state index in [1.54, 1.807) is 24.3 Å². The summed E-state index contributed by atoms with van der Waals surface area (Å²) in [4.78, 5) is 41.8. The van der Waals surface area contributed by atoms with Crippen molar-refractivity contribution in [1.82, 2.24) is 0 Å². The standard InChI is InChI=1S/C19H18ClNO6/c1-10(22)16-17(11(2)23)19(26-18(16,4)25-12(3)24)9-15(21-27-19)13-5-7-14(20)8-6-13/h5-8H,9H2,1-4H3. The second-order valence-electron chi connectivity index (χ2n) is 6.57. The Morgan fingerprint density at radius 3 is 2.19 bits per heavy atom. The molecule has 2 atom stereocenters. The van der Waals surface area contributed by atoms with Crippen LogP contribution in [0.25, 0.3) is 0 Å². The van der Waals surface area contributed by atoms with E-state index in [-0.39, 0.29) is 17.6 Å². The van der Waals surface area contributed by atoms with E-state index in [2.05, 4.69) is 5.16 Å². The van der Waals surface area contributed by atoms with E-state index in [4.69, 9.17) is 25.9 Å². The molecule has 2 aliphatic rings. The highest BCUT2D eigenvalue weighted by Gasteiger charge is 2.62. The molecule has 1 spiro atoms. The summed E-state index contributed by atoms with van der Waals surface area (Å²) in [7, 11) is 0. The topological polar surface area (TPSA) is 91.3 Å². The van der Waals surface area contributed by atoms with Crippen molar-refractivity contribution in [2.75, 3.05) is 0 Å². The summed E-state index contributed by atoms with van der Waals surface area (Å²) in [6, 6.07) is 6.91. The lowest BCUT2D eigenvalue weighted by Gasteiger charge is -2.29. The van der Waals surface area contributed by atoms with Crippen LogP contribution in [-0.2, 0) is 28.7 Å². The Balaban J connectivity index is 2.05. The van der Waals surface area contributed by atoms with E-state index < -0.39 is 29.1 Å². The molecule has 0 saturated heterocycles. The van der Waals surface area contributed by atoms with Crippen LogP contribution in [0.4, 0.5) is 0 Å². The van der Waals surface area contributed by atoms with Crippen molar-refractivity contribution in [2.24, 2.45) is 5.16 Å². The molecule has 8 heteroatoms. The van der Waals surface area contributed by atoms with E-state index in [0.29, 0.717) is 10.7 Å². The van der Waals surface area contributed by atoms with Gasteiger partial charge in [-0.25, -0.2) is 0 Å². The van der Waals surface area contributed by atoms with Crippen LogP contribution in [0.5, 0.6) is 0 Å². The van der Waals surface area contributed by atoms with Crippen LogP contribution in [0.3, 0.4) is 0 Å². The van der Waals surface area contributed by atoms with E-state index in [1.165, 1.54) is 27.7 Å². The van der Waals surface area contributed by atoms with Gasteiger partial charge in [-0.05, 0) is 31.5 Å². The summed E-state index contributed by atoms with van der Waals surface area (Å²) in [5.41, 5.74) is 1.21. The summed E-state index contributed by atoms with van der Waals surface area (Å²) < 4.78 is 11.2. The second-order valence-corrected chi connectivity index (χ2v) is 7.01. The van der Waals surface area contributed by atoms with Gasteiger partial charge in [0.2, 0.25) is 5.79 Å². The van der Waals surface area contributed by atoms with Crippen molar-refractivity contribution in [2.45, 2.75) is 45.7 Å². The first kappa shape index (κ1) is 19.3. The van der Waals surface area contributed by atoms with Crippen LogP contribution < -0.4 is 0 Å². The highest BCUT2D eigenvalue weighted by molar-refractivity contribution is 6.30. The van der Waals surface area contributed by atoms with Gasteiger partial charge in [0, 0.05) is 18.9 Å². The number of rotatable bonds is 4. The monoisotopic (exact) mass is 391 g/mol. The Labute approximate surface area is 160 Å². The van der Waals surface area contributed by atoms with E-state index >= 15 is 0 Å². The smallest absolute Gasteiger partial charge is 0.305 e. The molecular formula is C19H18ClNO6. The number of oxime groups is 1. The minimum absolute atomic E-state index is 0.00598. The van der Waals surface area contributed by atoms with Crippen LogP contribution in [0.2, 0.25) is 5.02 Å². The first-order valence-corrected chi connectivity index (χ1v) is 8.63. The fourth-order valence-corrected chi connectivity index (χ4v) is 3.65. The first-order chi connectivity index (χ1) is 12.6. The van der Waals surface area contributed by atoms with Crippen LogP contribution >= 0.6 is 11.6 Å². The normalized spacial score (nSPS) is 26.8. The molecule has 0 fully saturated rings. The fraction of sp³-hybridized carbons (Fsp3) is 0.368. The molecule has 0 bridgehead atoms. The molecule has 1 aromatic carbocycles. The Kier molecular flexibility index (Phi) is 4.69. The minimum Gasteiger partial charge on any atom is -0.429 e. The molecule has 7 nitrogen and oxygen atoms in total. The molecule has 2 unspecified atom stereocenters. The predicted molar refractivity (Wildman–Crippen MR) is 96.1 cm³/mol. The van der Waals surface area contributed by atoms with Gasteiger partial charge in [-0.3, -0.25) is 19.1 Å². The number of hydrogen-bond donors (Lipinski definition) is 0. The lowest BCUT2D eigenvalue weighted by molar-refractivity contribution is -0.287. The summed E-state index contributed by atoms with van der Waals surface area (Å²) in [5, 5.41) is 4.62. The number of nitrogens with zero attached hydrogens (tertiary/aromatic N) is 1. The van der Waals surface area contributed by atoms with Gasteiger partial charge in [-0.15, -0.1) is 0 Å². The maximum Gasteiger partial charge on any atom is 0.305 e. The summed E-state index contributed by atoms with van der Waals surface area (Å²) in [6.45, 7) is 5.17. The van der Waals surface area contributed by atoms with Crippen molar-refractivity contribution in [3.05, 3.63) is 46.0 Å². The summed E-state index contributed by atoms with van der Waals surface area (Å²) in [5.74, 6) is -4.92. The third-order valence-electron chi connectivity index (χ3n) is 4.37. The van der Waals surface area contributed by atoms with Crippen molar-refractivity contribution in [3.8, 4) is 0 Å². The molecule has 1 aromatic rings. The fourth-order valence-electron chi connectivity index (χ4n) is 3.52. The van der Waals surface area contributed by atoms with Crippen LogP contribution in [0, 0.1) is 0 Å². The maximum absolute atomic E-state index is 12.4. The summed E-state index contributed by atoms with van der Waals surface area (Å²) >= 11 is 5.91. The number of esters is 1. The molecule has 0 amide bonds. The van der Waals surface area contributed by atoms with Gasteiger partial charge in [-0.1, -0.05) is 28.9 Å². The molecule has 0 radical (unpaired) electrons. The maximum atomic E-state index is 12.4. The number of hydrogen-bond acceptors (Lipinski definition) is 7. The van der Waals surface area contributed by atoms with Gasteiger partial charge in [-0.2, -0.15) is 0 Å². The molecule has 0 aliphatic carbocycles. The lowest BCUT2D eigenvalue weighted by atomic mass is 9.90. The van der Waals surface area contributed by atoms with Gasteiger partial charge < -0.3 is 9.57 Å².